The summed E-state index contributed by atoms with van der Waals surface area (Å²) in [6.07, 6.45) is 2.66. The number of carbonyl (C=O) groups is 2. The van der Waals surface area contributed by atoms with Crippen LogP contribution in [0.1, 0.15) is 61.9 Å². The highest BCUT2D eigenvalue weighted by molar-refractivity contribution is 6.46. The van der Waals surface area contributed by atoms with E-state index in [1.54, 1.807) is 12.1 Å². The van der Waals surface area contributed by atoms with Crippen LogP contribution in [-0.4, -0.2) is 41.0 Å². The maximum absolute atomic E-state index is 13.6. The molecular weight excluding hydrogens is 506 g/mol. The molecule has 3 aromatic carbocycles. The van der Waals surface area contributed by atoms with E-state index in [2.05, 4.69) is 6.92 Å². The Labute approximate surface area is 235 Å². The van der Waals surface area contributed by atoms with E-state index in [-0.39, 0.29) is 24.0 Å². The van der Waals surface area contributed by atoms with E-state index in [0.717, 1.165) is 29.7 Å². The highest BCUT2D eigenvalue weighted by atomic mass is 16.5. The lowest BCUT2D eigenvalue weighted by Crippen LogP contribution is -2.29. The summed E-state index contributed by atoms with van der Waals surface area (Å²) in [4.78, 5) is 28.5. The minimum absolute atomic E-state index is 0.0406. The molecule has 2 aliphatic rings. The topological polar surface area (TPSA) is 85.3 Å². The second-order valence-corrected chi connectivity index (χ2v) is 10.2. The molecule has 0 saturated carbocycles. The van der Waals surface area contributed by atoms with Crippen LogP contribution in [0.5, 0.6) is 17.2 Å². The summed E-state index contributed by atoms with van der Waals surface area (Å²) in [5.74, 6) is 0.323. The van der Waals surface area contributed by atoms with Crippen LogP contribution in [0.25, 0.3) is 5.76 Å². The zero-order valence-corrected chi connectivity index (χ0v) is 23.2. The Morgan fingerprint density at radius 1 is 1.00 bits per heavy atom. The zero-order chi connectivity index (χ0) is 28.2. The highest BCUT2D eigenvalue weighted by Gasteiger charge is 2.46. The van der Waals surface area contributed by atoms with Gasteiger partial charge in [0.25, 0.3) is 11.7 Å². The Hall–Kier alpha value is -4.26. The van der Waals surface area contributed by atoms with Gasteiger partial charge in [-0.3, -0.25) is 9.59 Å². The summed E-state index contributed by atoms with van der Waals surface area (Å²) >= 11 is 0. The van der Waals surface area contributed by atoms with Gasteiger partial charge in [-0.2, -0.15) is 0 Å². The van der Waals surface area contributed by atoms with Gasteiger partial charge >= 0.3 is 0 Å². The first-order chi connectivity index (χ1) is 19.4. The van der Waals surface area contributed by atoms with E-state index in [4.69, 9.17) is 14.2 Å². The SMILES string of the molecule is CCCCOc1ccc(C2/C(=C(\O)c3ccc4c(c3)CC(C)O4)C(=O)C(=O)N2Cc2ccccc2)cc1OCC. The molecule has 2 atom stereocenters. The van der Waals surface area contributed by atoms with Crippen LogP contribution >= 0.6 is 0 Å². The third-order valence-corrected chi connectivity index (χ3v) is 7.24. The maximum Gasteiger partial charge on any atom is 0.295 e. The number of aliphatic hydroxyl groups is 1. The number of fused-ring (bicyclic) bond motifs is 1. The highest BCUT2D eigenvalue weighted by Crippen LogP contribution is 2.43. The second kappa shape index (κ2) is 11.9. The molecule has 0 aliphatic carbocycles. The smallest absolute Gasteiger partial charge is 0.295 e. The molecule has 0 aromatic heterocycles. The summed E-state index contributed by atoms with van der Waals surface area (Å²) in [6, 6.07) is 19.5. The van der Waals surface area contributed by atoms with E-state index in [1.165, 1.54) is 4.90 Å². The van der Waals surface area contributed by atoms with Crippen LogP contribution < -0.4 is 14.2 Å². The molecule has 2 heterocycles. The number of likely N-dealkylation sites (tertiary alicyclic amines) is 1. The van der Waals surface area contributed by atoms with Crippen molar-refractivity contribution in [1.82, 2.24) is 4.90 Å². The molecule has 0 spiro atoms. The van der Waals surface area contributed by atoms with Crippen molar-refractivity contribution in [2.75, 3.05) is 13.2 Å². The molecule has 2 aliphatic heterocycles. The van der Waals surface area contributed by atoms with E-state index < -0.39 is 17.7 Å². The number of amides is 1. The molecule has 1 fully saturated rings. The van der Waals surface area contributed by atoms with Crippen molar-refractivity contribution >= 4 is 17.4 Å². The normalized spacial score (nSPS) is 19.4. The molecule has 0 radical (unpaired) electrons. The number of nitrogens with zero attached hydrogens (tertiary/aromatic N) is 1. The van der Waals surface area contributed by atoms with Crippen molar-refractivity contribution in [3.63, 3.8) is 0 Å². The van der Waals surface area contributed by atoms with E-state index in [0.29, 0.717) is 42.3 Å². The van der Waals surface area contributed by atoms with Crippen molar-refractivity contribution in [3.05, 3.63) is 94.6 Å². The predicted octanol–water partition coefficient (Wildman–Crippen LogP) is 6.21. The molecule has 208 valence electrons. The van der Waals surface area contributed by atoms with Gasteiger partial charge in [0, 0.05) is 18.5 Å². The number of benzene rings is 3. The summed E-state index contributed by atoms with van der Waals surface area (Å²) in [6.45, 7) is 7.17. The fourth-order valence-corrected chi connectivity index (χ4v) is 5.30. The first-order valence-electron chi connectivity index (χ1n) is 13.9. The van der Waals surface area contributed by atoms with E-state index >= 15 is 0 Å². The molecule has 3 aromatic rings. The van der Waals surface area contributed by atoms with Crippen LogP contribution in [0.2, 0.25) is 0 Å². The van der Waals surface area contributed by atoms with Gasteiger partial charge in [-0.1, -0.05) is 49.7 Å². The lowest BCUT2D eigenvalue weighted by molar-refractivity contribution is -0.140. The first kappa shape index (κ1) is 27.3. The lowest BCUT2D eigenvalue weighted by atomic mass is 9.94. The average Bonchev–Trinajstić information content (AvgIpc) is 3.45. The first-order valence-corrected chi connectivity index (χ1v) is 13.9. The predicted molar refractivity (Wildman–Crippen MR) is 153 cm³/mol. The minimum Gasteiger partial charge on any atom is -0.507 e. The molecule has 7 nitrogen and oxygen atoms in total. The average molecular weight is 542 g/mol. The van der Waals surface area contributed by atoms with Gasteiger partial charge in [-0.15, -0.1) is 0 Å². The molecule has 7 heteroatoms. The Bertz CT molecular complexity index is 1430. The Morgan fingerprint density at radius 3 is 2.55 bits per heavy atom. The number of hydrogen-bond acceptors (Lipinski definition) is 6. The van der Waals surface area contributed by atoms with Crippen LogP contribution in [0.4, 0.5) is 0 Å². The molecule has 2 unspecified atom stereocenters. The third-order valence-electron chi connectivity index (χ3n) is 7.24. The fourth-order valence-electron chi connectivity index (χ4n) is 5.30. The zero-order valence-electron chi connectivity index (χ0n) is 23.2. The molecule has 0 bridgehead atoms. The van der Waals surface area contributed by atoms with Crippen LogP contribution in [0.15, 0.2) is 72.3 Å². The van der Waals surface area contributed by atoms with E-state index in [1.807, 2.05) is 68.4 Å². The number of unbranched alkanes of at least 4 members (excludes halogenated alkanes) is 1. The number of ether oxygens (including phenoxy) is 3. The number of hydrogen-bond donors (Lipinski definition) is 1. The van der Waals surface area contributed by atoms with Gasteiger partial charge in [-0.25, -0.2) is 0 Å². The van der Waals surface area contributed by atoms with Crippen LogP contribution in [-0.2, 0) is 22.6 Å². The quantitative estimate of drug-likeness (QED) is 0.142. The van der Waals surface area contributed by atoms with Crippen molar-refractivity contribution < 1.29 is 28.9 Å². The largest absolute Gasteiger partial charge is 0.507 e. The number of ketones is 1. The minimum atomic E-state index is -0.812. The fraction of sp³-hybridized carbons (Fsp3) is 0.333. The summed E-state index contributed by atoms with van der Waals surface area (Å²) in [5.41, 5.74) is 3.01. The van der Waals surface area contributed by atoms with Gasteiger partial charge in [0.1, 0.15) is 17.6 Å². The van der Waals surface area contributed by atoms with E-state index in [9.17, 15) is 14.7 Å². The van der Waals surface area contributed by atoms with Crippen molar-refractivity contribution in [3.8, 4) is 17.2 Å². The van der Waals surface area contributed by atoms with Crippen LogP contribution in [0, 0.1) is 0 Å². The van der Waals surface area contributed by atoms with Gasteiger partial charge < -0.3 is 24.2 Å². The van der Waals surface area contributed by atoms with Crippen LogP contribution in [0.3, 0.4) is 0 Å². The van der Waals surface area contributed by atoms with Crippen molar-refractivity contribution in [2.24, 2.45) is 0 Å². The molecule has 1 saturated heterocycles. The molecule has 1 amide bonds. The lowest BCUT2D eigenvalue weighted by Gasteiger charge is -2.26. The Balaban J connectivity index is 1.61. The van der Waals surface area contributed by atoms with Gasteiger partial charge in [0.2, 0.25) is 0 Å². The molecule has 5 rings (SSSR count). The number of carbonyl (C=O) groups excluding carboxylic acids is 2. The monoisotopic (exact) mass is 541 g/mol. The number of aliphatic hydroxyl groups excluding tert-OH is 1. The summed E-state index contributed by atoms with van der Waals surface area (Å²) in [5, 5.41) is 11.6. The number of Topliss-reactive ketones (excluding diaryl/α,β-unsaturated/α-hetero) is 1. The summed E-state index contributed by atoms with van der Waals surface area (Å²) in [7, 11) is 0. The summed E-state index contributed by atoms with van der Waals surface area (Å²) < 4.78 is 17.7. The molecule has 40 heavy (non-hydrogen) atoms. The Kier molecular flexibility index (Phi) is 8.10. The molecule has 1 N–H and O–H groups in total. The number of rotatable bonds is 10. The van der Waals surface area contributed by atoms with Crippen molar-refractivity contribution in [2.45, 2.75) is 58.7 Å². The molecular formula is C33H35NO6. The van der Waals surface area contributed by atoms with Gasteiger partial charge in [-0.05, 0) is 67.3 Å². The van der Waals surface area contributed by atoms with Crippen molar-refractivity contribution in [1.29, 1.82) is 0 Å². The standard InChI is InChI=1S/C33H35NO6/c1-4-6-16-39-27-15-12-23(19-28(27)38-5-2)30-29(31(35)24-13-14-26-25(18-24)17-21(3)40-26)32(36)33(37)34(30)20-22-10-8-7-9-11-22/h7-15,18-19,21,30,35H,4-6,16-17,20H2,1-3H3/b31-29+. The van der Waals surface area contributed by atoms with Gasteiger partial charge in [0.15, 0.2) is 11.5 Å². The van der Waals surface area contributed by atoms with Gasteiger partial charge in [0.05, 0.1) is 24.8 Å². The Morgan fingerprint density at radius 2 is 1.80 bits per heavy atom. The maximum atomic E-state index is 13.6. The second-order valence-electron chi connectivity index (χ2n) is 10.2. The third kappa shape index (κ3) is 5.41.